The molecule has 0 radical (unpaired) electrons. The van der Waals surface area contributed by atoms with Crippen molar-refractivity contribution < 1.29 is 0 Å². The average molecular weight is 488 g/mol. The number of hydrogen-bond acceptors (Lipinski definition) is 0. The van der Waals surface area contributed by atoms with E-state index < -0.39 is 0 Å². The molecule has 104 valence electrons. The fourth-order valence-electron chi connectivity index (χ4n) is 3.71. The molecule has 1 atom stereocenters. The van der Waals surface area contributed by atoms with Gasteiger partial charge >= 0.3 is 0 Å². The van der Waals surface area contributed by atoms with Crippen LogP contribution in [0.5, 0.6) is 0 Å². The van der Waals surface area contributed by atoms with Crippen molar-refractivity contribution in [2.45, 2.75) is 38.0 Å². The minimum Gasteiger partial charge on any atom is -0.0571 e. The van der Waals surface area contributed by atoms with Gasteiger partial charge < -0.3 is 0 Å². The smallest absolute Gasteiger partial charge is 0.0186 e. The minimum absolute atomic E-state index is 0.129. The Kier molecular flexibility index (Phi) is 3.68. The highest BCUT2D eigenvalue weighted by atomic mass is 127. The van der Waals surface area contributed by atoms with Crippen molar-refractivity contribution >= 4 is 45.2 Å². The van der Waals surface area contributed by atoms with Crippen LogP contribution in [0.4, 0.5) is 0 Å². The van der Waals surface area contributed by atoms with E-state index in [1.807, 2.05) is 0 Å². The standard InChI is InChI=1S/C18H18I2/c1-17(2)11-18(3,12-4-6-13(19)7-5-12)16-10-14(20)8-9-15(16)17/h4-10H,11H2,1-3H3. The van der Waals surface area contributed by atoms with Gasteiger partial charge in [-0.05, 0) is 98.0 Å². The molecule has 1 aliphatic carbocycles. The van der Waals surface area contributed by atoms with Crippen molar-refractivity contribution in [3.05, 3.63) is 66.3 Å². The molecule has 3 rings (SSSR count). The van der Waals surface area contributed by atoms with Gasteiger partial charge in [0.1, 0.15) is 0 Å². The SMILES string of the molecule is CC1(C)CC(C)(c2ccc(I)cc2)c2cc(I)ccc21. The molecule has 0 aliphatic heterocycles. The Morgan fingerprint density at radius 1 is 0.800 bits per heavy atom. The molecule has 1 unspecified atom stereocenters. The summed E-state index contributed by atoms with van der Waals surface area (Å²) in [5.41, 5.74) is 4.84. The number of fused-ring (bicyclic) bond motifs is 1. The largest absolute Gasteiger partial charge is 0.0571 e. The van der Waals surface area contributed by atoms with Gasteiger partial charge in [0.2, 0.25) is 0 Å². The van der Waals surface area contributed by atoms with E-state index in [0.717, 1.165) is 0 Å². The van der Waals surface area contributed by atoms with Gasteiger partial charge in [-0.2, -0.15) is 0 Å². The molecule has 0 N–H and O–H groups in total. The van der Waals surface area contributed by atoms with Gasteiger partial charge in [0.25, 0.3) is 0 Å². The zero-order valence-corrected chi connectivity index (χ0v) is 16.3. The molecule has 0 saturated carbocycles. The van der Waals surface area contributed by atoms with E-state index in [2.05, 4.69) is 108 Å². The van der Waals surface area contributed by atoms with Gasteiger partial charge in [0.15, 0.2) is 0 Å². The molecule has 20 heavy (non-hydrogen) atoms. The molecular formula is C18H18I2. The molecule has 0 saturated heterocycles. The maximum absolute atomic E-state index is 2.43. The van der Waals surface area contributed by atoms with Gasteiger partial charge in [0, 0.05) is 12.6 Å². The molecule has 0 fully saturated rings. The van der Waals surface area contributed by atoms with E-state index in [4.69, 9.17) is 0 Å². The Labute approximate surface area is 148 Å². The molecule has 0 heterocycles. The summed E-state index contributed by atoms with van der Waals surface area (Å²) in [4.78, 5) is 0. The van der Waals surface area contributed by atoms with Crippen LogP contribution in [0.3, 0.4) is 0 Å². The molecule has 0 spiro atoms. The highest BCUT2D eigenvalue weighted by Crippen LogP contribution is 2.52. The van der Waals surface area contributed by atoms with Crippen molar-refractivity contribution in [1.29, 1.82) is 0 Å². The first kappa shape index (κ1) is 14.8. The average Bonchev–Trinajstić information content (AvgIpc) is 2.58. The summed E-state index contributed by atoms with van der Waals surface area (Å²) in [5, 5.41) is 0. The van der Waals surface area contributed by atoms with E-state index in [1.165, 1.54) is 30.3 Å². The second kappa shape index (κ2) is 4.97. The lowest BCUT2D eigenvalue weighted by Crippen LogP contribution is -2.23. The van der Waals surface area contributed by atoms with Crippen molar-refractivity contribution in [3.8, 4) is 0 Å². The van der Waals surface area contributed by atoms with Crippen LogP contribution in [0.2, 0.25) is 0 Å². The Morgan fingerprint density at radius 3 is 2.05 bits per heavy atom. The zero-order valence-electron chi connectivity index (χ0n) is 12.0. The summed E-state index contributed by atoms with van der Waals surface area (Å²) >= 11 is 4.80. The topological polar surface area (TPSA) is 0 Å². The van der Waals surface area contributed by atoms with E-state index in [9.17, 15) is 0 Å². The summed E-state index contributed by atoms with van der Waals surface area (Å²) in [5.74, 6) is 0. The lowest BCUT2D eigenvalue weighted by atomic mass is 9.75. The highest BCUT2D eigenvalue weighted by molar-refractivity contribution is 14.1. The molecule has 0 amide bonds. The molecule has 2 aromatic carbocycles. The van der Waals surface area contributed by atoms with Crippen LogP contribution < -0.4 is 0 Å². The number of halogens is 2. The Hall–Kier alpha value is -0.100. The van der Waals surface area contributed by atoms with Crippen LogP contribution in [-0.2, 0) is 10.8 Å². The number of rotatable bonds is 1. The van der Waals surface area contributed by atoms with E-state index in [-0.39, 0.29) is 10.8 Å². The van der Waals surface area contributed by atoms with Crippen LogP contribution in [0.15, 0.2) is 42.5 Å². The third-order valence-electron chi connectivity index (χ3n) is 4.58. The van der Waals surface area contributed by atoms with E-state index in [1.54, 1.807) is 0 Å². The zero-order chi connectivity index (χ0) is 14.5. The van der Waals surface area contributed by atoms with Crippen LogP contribution in [0.1, 0.15) is 43.9 Å². The first-order valence-electron chi connectivity index (χ1n) is 6.89. The number of hydrogen-bond donors (Lipinski definition) is 0. The van der Waals surface area contributed by atoms with Crippen molar-refractivity contribution in [2.24, 2.45) is 0 Å². The second-order valence-corrected chi connectivity index (χ2v) is 9.08. The maximum atomic E-state index is 2.43. The predicted octanol–water partition coefficient (Wildman–Crippen LogP) is 5.88. The monoisotopic (exact) mass is 488 g/mol. The Balaban J connectivity index is 2.21. The maximum Gasteiger partial charge on any atom is 0.0186 e. The van der Waals surface area contributed by atoms with Gasteiger partial charge in [-0.1, -0.05) is 39.0 Å². The second-order valence-electron chi connectivity index (χ2n) is 6.59. The quantitative estimate of drug-likeness (QED) is 0.440. The number of benzene rings is 2. The molecule has 2 aromatic rings. The van der Waals surface area contributed by atoms with Crippen LogP contribution in [0, 0.1) is 7.14 Å². The summed E-state index contributed by atoms with van der Waals surface area (Å²) in [6.45, 7) is 7.14. The molecule has 0 aromatic heterocycles. The highest BCUT2D eigenvalue weighted by Gasteiger charge is 2.45. The minimum atomic E-state index is 0.129. The van der Waals surface area contributed by atoms with Crippen molar-refractivity contribution in [1.82, 2.24) is 0 Å². The summed E-state index contributed by atoms with van der Waals surface area (Å²) in [6.07, 6.45) is 1.18. The predicted molar refractivity (Wildman–Crippen MR) is 102 cm³/mol. The fraction of sp³-hybridized carbons (Fsp3) is 0.333. The van der Waals surface area contributed by atoms with Crippen LogP contribution >= 0.6 is 45.2 Å². The molecule has 0 bridgehead atoms. The molecule has 0 nitrogen and oxygen atoms in total. The third-order valence-corrected chi connectivity index (χ3v) is 5.97. The van der Waals surface area contributed by atoms with Crippen LogP contribution in [0.25, 0.3) is 0 Å². The third kappa shape index (κ3) is 2.32. The van der Waals surface area contributed by atoms with E-state index >= 15 is 0 Å². The molecular weight excluding hydrogens is 470 g/mol. The normalized spacial score (nSPS) is 23.6. The Morgan fingerprint density at radius 2 is 1.40 bits per heavy atom. The molecule has 1 aliphatic rings. The fourth-order valence-corrected chi connectivity index (χ4v) is 4.56. The lowest BCUT2D eigenvalue weighted by Gasteiger charge is -2.28. The summed E-state index contributed by atoms with van der Waals surface area (Å²) < 4.78 is 2.63. The van der Waals surface area contributed by atoms with Gasteiger partial charge in [-0.15, -0.1) is 0 Å². The first-order chi connectivity index (χ1) is 9.33. The summed E-state index contributed by atoms with van der Waals surface area (Å²) in [6, 6.07) is 16.0. The first-order valence-corrected chi connectivity index (χ1v) is 9.05. The van der Waals surface area contributed by atoms with Crippen molar-refractivity contribution in [3.63, 3.8) is 0 Å². The molecule has 2 heteroatoms. The van der Waals surface area contributed by atoms with Crippen LogP contribution in [-0.4, -0.2) is 0 Å². The van der Waals surface area contributed by atoms with Gasteiger partial charge in [-0.3, -0.25) is 0 Å². The van der Waals surface area contributed by atoms with Gasteiger partial charge in [-0.25, -0.2) is 0 Å². The van der Waals surface area contributed by atoms with Gasteiger partial charge in [0.05, 0.1) is 0 Å². The lowest BCUT2D eigenvalue weighted by molar-refractivity contribution is 0.425. The summed E-state index contributed by atoms with van der Waals surface area (Å²) in [7, 11) is 0. The Bertz CT molecular complexity index is 656. The van der Waals surface area contributed by atoms with Crippen molar-refractivity contribution in [2.75, 3.05) is 0 Å². The van der Waals surface area contributed by atoms with E-state index in [0.29, 0.717) is 0 Å².